The number of aromatic amines is 1. The van der Waals surface area contributed by atoms with E-state index in [0.717, 1.165) is 16.6 Å². The minimum Gasteiger partial charge on any atom is -0.330 e. The van der Waals surface area contributed by atoms with E-state index in [1.807, 2.05) is 29.7 Å². The van der Waals surface area contributed by atoms with Crippen LogP contribution in [-0.2, 0) is 0 Å². The monoisotopic (exact) mass is 370 g/mol. The van der Waals surface area contributed by atoms with Crippen LogP contribution >= 0.6 is 39.7 Å². The predicted molar refractivity (Wildman–Crippen MR) is 85.9 cm³/mol. The number of aromatic nitrogens is 2. The molecule has 0 fully saturated rings. The van der Waals surface area contributed by atoms with Crippen LogP contribution in [0.2, 0.25) is 5.02 Å². The molecule has 0 amide bonds. The van der Waals surface area contributed by atoms with Crippen molar-refractivity contribution >= 4 is 50.8 Å². The van der Waals surface area contributed by atoms with Gasteiger partial charge in [0, 0.05) is 4.47 Å². The van der Waals surface area contributed by atoms with E-state index >= 15 is 0 Å². The molecule has 0 atom stereocenters. The molecule has 1 N–H and O–H groups in total. The fourth-order valence-electron chi connectivity index (χ4n) is 2.29. The Morgan fingerprint density at radius 2 is 2.10 bits per heavy atom. The third-order valence-corrected chi connectivity index (χ3v) is 4.29. The predicted octanol–water partition coefficient (Wildman–Crippen LogP) is 5.55. The van der Waals surface area contributed by atoms with Crippen molar-refractivity contribution in [3.8, 4) is 5.69 Å². The molecule has 0 saturated heterocycles. The normalized spacial score (nSPS) is 11.2. The van der Waals surface area contributed by atoms with Crippen LogP contribution < -0.4 is 0 Å². The molecule has 0 aliphatic carbocycles. The maximum absolute atomic E-state index is 13.4. The highest BCUT2D eigenvalue weighted by molar-refractivity contribution is 9.10. The van der Waals surface area contributed by atoms with Crippen molar-refractivity contribution in [1.82, 2.24) is 9.55 Å². The lowest BCUT2D eigenvalue weighted by molar-refractivity contribution is 0.626. The number of hydrogen-bond acceptors (Lipinski definition) is 1. The van der Waals surface area contributed by atoms with E-state index < -0.39 is 5.82 Å². The average Bonchev–Trinajstić information content (AvgIpc) is 2.66. The van der Waals surface area contributed by atoms with Gasteiger partial charge in [-0.15, -0.1) is 0 Å². The Balaban J connectivity index is 2.48. The Morgan fingerprint density at radius 3 is 2.80 bits per heavy atom. The van der Waals surface area contributed by atoms with Gasteiger partial charge < -0.3 is 4.98 Å². The second kappa shape index (κ2) is 4.98. The molecular weight excluding hydrogens is 363 g/mol. The van der Waals surface area contributed by atoms with Crippen molar-refractivity contribution in [3.63, 3.8) is 0 Å². The summed E-state index contributed by atoms with van der Waals surface area (Å²) in [6, 6.07) is 8.54. The van der Waals surface area contributed by atoms with Crippen LogP contribution in [0.15, 0.2) is 34.8 Å². The zero-order chi connectivity index (χ0) is 14.4. The van der Waals surface area contributed by atoms with Gasteiger partial charge in [0.1, 0.15) is 5.82 Å². The summed E-state index contributed by atoms with van der Waals surface area (Å²) >= 11 is 14.9. The second-order valence-corrected chi connectivity index (χ2v) is 6.10. The molecule has 0 aliphatic rings. The fourth-order valence-corrected chi connectivity index (χ4v) is 3.60. The number of fused-ring (bicyclic) bond motifs is 1. The zero-order valence-corrected chi connectivity index (χ0v) is 13.5. The van der Waals surface area contributed by atoms with Crippen LogP contribution in [0.5, 0.6) is 0 Å². The number of benzene rings is 2. The molecule has 1 heterocycles. The molecule has 0 bridgehead atoms. The molecule has 1 aromatic heterocycles. The number of imidazole rings is 1. The molecule has 0 aliphatic heterocycles. The number of H-pyrrole nitrogens is 1. The Labute approximate surface area is 133 Å². The van der Waals surface area contributed by atoms with Crippen molar-refractivity contribution in [2.24, 2.45) is 0 Å². The first kappa shape index (κ1) is 13.8. The van der Waals surface area contributed by atoms with Gasteiger partial charge in [-0.3, -0.25) is 4.57 Å². The SMILES string of the molecule is Cc1cccc2[nH]c(=S)n(-c3c(Cl)cc(F)cc3Br)c12. The summed E-state index contributed by atoms with van der Waals surface area (Å²) in [4.78, 5) is 3.14. The molecule has 3 aromatic rings. The molecular formula is C14H9BrClFN2S. The highest BCUT2D eigenvalue weighted by Gasteiger charge is 2.15. The lowest BCUT2D eigenvalue weighted by Gasteiger charge is -2.11. The lowest BCUT2D eigenvalue weighted by Crippen LogP contribution is -1.98. The lowest BCUT2D eigenvalue weighted by atomic mass is 10.2. The summed E-state index contributed by atoms with van der Waals surface area (Å²) in [6.45, 7) is 1.99. The van der Waals surface area contributed by atoms with E-state index in [1.54, 1.807) is 0 Å². The highest BCUT2D eigenvalue weighted by atomic mass is 79.9. The van der Waals surface area contributed by atoms with Gasteiger partial charge in [0.25, 0.3) is 0 Å². The average molecular weight is 372 g/mol. The van der Waals surface area contributed by atoms with Crippen LogP contribution in [0, 0.1) is 17.5 Å². The molecule has 0 saturated carbocycles. The molecule has 3 rings (SSSR count). The number of nitrogens with one attached hydrogen (secondary N) is 1. The van der Waals surface area contributed by atoms with Crippen LogP contribution in [0.25, 0.3) is 16.7 Å². The van der Waals surface area contributed by atoms with Crippen molar-refractivity contribution < 1.29 is 4.39 Å². The molecule has 20 heavy (non-hydrogen) atoms. The van der Waals surface area contributed by atoms with Crippen molar-refractivity contribution in [1.29, 1.82) is 0 Å². The van der Waals surface area contributed by atoms with E-state index in [1.165, 1.54) is 12.1 Å². The van der Waals surface area contributed by atoms with E-state index in [0.29, 0.717) is 20.0 Å². The summed E-state index contributed by atoms with van der Waals surface area (Å²) in [7, 11) is 0. The van der Waals surface area contributed by atoms with Crippen LogP contribution in [-0.4, -0.2) is 9.55 Å². The Hall–Kier alpha value is -1.17. The highest BCUT2D eigenvalue weighted by Crippen LogP contribution is 2.33. The molecule has 2 nitrogen and oxygen atoms in total. The van der Waals surface area contributed by atoms with E-state index in [2.05, 4.69) is 20.9 Å². The van der Waals surface area contributed by atoms with Gasteiger partial charge in [0.2, 0.25) is 0 Å². The van der Waals surface area contributed by atoms with Gasteiger partial charge in [0.15, 0.2) is 4.77 Å². The third-order valence-electron chi connectivity index (χ3n) is 3.11. The first-order chi connectivity index (χ1) is 9.49. The summed E-state index contributed by atoms with van der Waals surface area (Å²) in [5, 5.41) is 0.303. The van der Waals surface area contributed by atoms with Crippen LogP contribution in [0.1, 0.15) is 5.56 Å². The van der Waals surface area contributed by atoms with Gasteiger partial charge in [-0.1, -0.05) is 23.7 Å². The van der Waals surface area contributed by atoms with Gasteiger partial charge in [-0.05, 0) is 58.8 Å². The quantitative estimate of drug-likeness (QED) is 0.556. The minimum atomic E-state index is -0.395. The van der Waals surface area contributed by atoms with Crippen molar-refractivity contribution in [2.45, 2.75) is 6.92 Å². The number of aryl methyl sites for hydroxylation is 1. The maximum Gasteiger partial charge on any atom is 0.182 e. The Kier molecular flexibility index (Phi) is 3.44. The topological polar surface area (TPSA) is 20.7 Å². The van der Waals surface area contributed by atoms with Crippen LogP contribution in [0.4, 0.5) is 4.39 Å². The van der Waals surface area contributed by atoms with Gasteiger partial charge in [-0.25, -0.2) is 4.39 Å². The third kappa shape index (κ3) is 2.10. The van der Waals surface area contributed by atoms with E-state index in [4.69, 9.17) is 23.8 Å². The van der Waals surface area contributed by atoms with E-state index in [-0.39, 0.29) is 0 Å². The molecule has 0 spiro atoms. The summed E-state index contributed by atoms with van der Waals surface area (Å²) < 4.78 is 16.3. The van der Waals surface area contributed by atoms with Crippen molar-refractivity contribution in [2.75, 3.05) is 0 Å². The van der Waals surface area contributed by atoms with Crippen LogP contribution in [0.3, 0.4) is 0 Å². The summed E-state index contributed by atoms with van der Waals surface area (Å²) in [6.07, 6.45) is 0. The molecule has 0 unspecified atom stereocenters. The van der Waals surface area contributed by atoms with Gasteiger partial charge in [-0.2, -0.15) is 0 Å². The number of nitrogens with zero attached hydrogens (tertiary/aromatic N) is 1. The summed E-state index contributed by atoms with van der Waals surface area (Å²) in [5.74, 6) is -0.395. The molecule has 2 aromatic carbocycles. The van der Waals surface area contributed by atoms with Crippen molar-refractivity contribution in [3.05, 3.63) is 56.0 Å². The standard InChI is InChI=1S/C14H9BrClFN2S/c1-7-3-2-4-11-12(7)19(14(20)18-11)13-9(15)5-8(17)6-10(13)16/h2-6H,1H3,(H,18,20). The number of hydrogen-bond donors (Lipinski definition) is 1. The van der Waals surface area contributed by atoms with Gasteiger partial charge in [0.05, 0.1) is 21.7 Å². The summed E-state index contributed by atoms with van der Waals surface area (Å²) in [5.41, 5.74) is 3.55. The zero-order valence-electron chi connectivity index (χ0n) is 10.4. The molecule has 102 valence electrons. The molecule has 6 heteroatoms. The number of para-hydroxylation sites is 1. The maximum atomic E-state index is 13.4. The fraction of sp³-hybridized carbons (Fsp3) is 0.0714. The molecule has 0 radical (unpaired) electrons. The Bertz CT molecular complexity index is 861. The van der Waals surface area contributed by atoms with Gasteiger partial charge >= 0.3 is 0 Å². The minimum absolute atomic E-state index is 0.303. The second-order valence-electron chi connectivity index (χ2n) is 4.45. The number of halogens is 3. The Morgan fingerprint density at radius 1 is 1.35 bits per heavy atom. The van der Waals surface area contributed by atoms with E-state index in [9.17, 15) is 4.39 Å². The number of rotatable bonds is 1. The smallest absolute Gasteiger partial charge is 0.182 e. The first-order valence-electron chi connectivity index (χ1n) is 5.84. The first-order valence-corrected chi connectivity index (χ1v) is 7.42. The largest absolute Gasteiger partial charge is 0.330 e.